The Morgan fingerprint density at radius 2 is 1.90 bits per heavy atom. The maximum Gasteiger partial charge on any atom is 0.338 e. The average Bonchev–Trinajstić information content (AvgIpc) is 2.66. The van der Waals surface area contributed by atoms with Crippen molar-refractivity contribution in [2.24, 2.45) is 0 Å². The van der Waals surface area contributed by atoms with Crippen LogP contribution < -0.4 is 0 Å². The van der Waals surface area contributed by atoms with Crippen LogP contribution in [0.1, 0.15) is 29.8 Å². The predicted octanol–water partition coefficient (Wildman–Crippen LogP) is 3.63. The van der Waals surface area contributed by atoms with E-state index in [0.717, 1.165) is 6.07 Å². The van der Waals surface area contributed by atoms with Gasteiger partial charge in [-0.15, -0.1) is 0 Å². The van der Waals surface area contributed by atoms with E-state index in [1.807, 2.05) is 13.8 Å². The number of sulfonamides is 1. The number of benzene rings is 2. The zero-order valence-electron chi connectivity index (χ0n) is 16.0. The third kappa shape index (κ3) is 5.14. The number of ether oxygens (including phenoxy) is 2. The molecule has 1 fully saturated rings. The summed E-state index contributed by atoms with van der Waals surface area (Å²) < 4.78 is 51.2. The number of esters is 1. The normalized spacial score (nSPS) is 20.4. The Kier molecular flexibility index (Phi) is 6.58. The van der Waals surface area contributed by atoms with Crippen molar-refractivity contribution in [2.45, 2.75) is 37.6 Å². The van der Waals surface area contributed by atoms with Crippen LogP contribution in [0.25, 0.3) is 0 Å². The van der Waals surface area contributed by atoms with E-state index in [2.05, 4.69) is 0 Å². The Morgan fingerprint density at radius 1 is 1.21 bits per heavy atom. The maximum atomic E-state index is 13.1. The van der Waals surface area contributed by atoms with Gasteiger partial charge >= 0.3 is 5.97 Å². The summed E-state index contributed by atoms with van der Waals surface area (Å²) in [5, 5.41) is 0.143. The van der Waals surface area contributed by atoms with Crippen molar-refractivity contribution in [3.8, 4) is 0 Å². The lowest BCUT2D eigenvalue weighted by Gasteiger charge is -2.34. The largest absolute Gasteiger partial charge is 0.457 e. The van der Waals surface area contributed by atoms with Gasteiger partial charge in [-0.25, -0.2) is 17.6 Å². The van der Waals surface area contributed by atoms with Gasteiger partial charge in [0.2, 0.25) is 10.0 Å². The zero-order chi connectivity index (χ0) is 21.2. The molecular weight excluding hydrogens is 421 g/mol. The third-order valence-electron chi connectivity index (χ3n) is 4.47. The lowest BCUT2D eigenvalue weighted by molar-refractivity contribution is -0.0440. The summed E-state index contributed by atoms with van der Waals surface area (Å²) in [5.74, 6) is -1.19. The molecule has 0 aromatic heterocycles. The molecule has 0 N–H and O–H groups in total. The number of rotatable bonds is 5. The molecular formula is C20H21ClFNO5S. The predicted molar refractivity (Wildman–Crippen MR) is 106 cm³/mol. The molecule has 2 unspecified atom stereocenters. The topological polar surface area (TPSA) is 72.9 Å². The summed E-state index contributed by atoms with van der Waals surface area (Å²) >= 11 is 5.93. The molecule has 1 heterocycles. The van der Waals surface area contributed by atoms with Crippen molar-refractivity contribution in [1.29, 1.82) is 0 Å². The highest BCUT2D eigenvalue weighted by Gasteiger charge is 2.32. The Hall–Kier alpha value is -2.00. The van der Waals surface area contributed by atoms with Gasteiger partial charge in [-0.05, 0) is 44.2 Å². The van der Waals surface area contributed by atoms with Gasteiger partial charge in [-0.1, -0.05) is 23.7 Å². The molecule has 0 aliphatic carbocycles. The molecule has 9 heteroatoms. The fourth-order valence-electron chi connectivity index (χ4n) is 3.12. The number of morpholine rings is 1. The first kappa shape index (κ1) is 21.7. The molecule has 2 atom stereocenters. The average molecular weight is 442 g/mol. The fraction of sp³-hybridized carbons (Fsp3) is 0.350. The molecule has 0 bridgehead atoms. The summed E-state index contributed by atoms with van der Waals surface area (Å²) in [6.45, 7) is 3.95. The van der Waals surface area contributed by atoms with E-state index in [1.165, 1.54) is 40.7 Å². The monoisotopic (exact) mass is 441 g/mol. The summed E-state index contributed by atoms with van der Waals surface area (Å²) in [6, 6.07) is 9.45. The molecule has 1 aliphatic rings. The molecule has 29 heavy (non-hydrogen) atoms. The van der Waals surface area contributed by atoms with Gasteiger partial charge < -0.3 is 9.47 Å². The highest BCUT2D eigenvalue weighted by atomic mass is 35.5. The van der Waals surface area contributed by atoms with Crippen LogP contribution in [-0.2, 0) is 26.1 Å². The van der Waals surface area contributed by atoms with Crippen LogP contribution in [-0.4, -0.2) is 44.0 Å². The van der Waals surface area contributed by atoms with Gasteiger partial charge in [0.1, 0.15) is 12.4 Å². The van der Waals surface area contributed by atoms with Crippen molar-refractivity contribution >= 4 is 27.6 Å². The second-order valence-corrected chi connectivity index (χ2v) is 9.26. The zero-order valence-corrected chi connectivity index (χ0v) is 17.5. The molecule has 0 radical (unpaired) electrons. The first-order valence-electron chi connectivity index (χ1n) is 9.03. The van der Waals surface area contributed by atoms with Gasteiger partial charge in [0.25, 0.3) is 0 Å². The van der Waals surface area contributed by atoms with Crippen LogP contribution in [0.3, 0.4) is 0 Å². The molecule has 6 nitrogen and oxygen atoms in total. The highest BCUT2D eigenvalue weighted by Crippen LogP contribution is 2.23. The van der Waals surface area contributed by atoms with Gasteiger partial charge in [0.05, 0.1) is 27.7 Å². The summed E-state index contributed by atoms with van der Waals surface area (Å²) in [5.41, 5.74) is 0.542. The van der Waals surface area contributed by atoms with Crippen molar-refractivity contribution in [3.05, 3.63) is 64.4 Å². The number of carbonyl (C=O) groups excluding carboxylic acids is 1. The number of nitrogens with zero attached hydrogens (tertiary/aromatic N) is 1. The molecule has 2 aromatic rings. The van der Waals surface area contributed by atoms with Gasteiger partial charge in [0.15, 0.2) is 0 Å². The lowest BCUT2D eigenvalue weighted by atomic mass is 10.2. The summed E-state index contributed by atoms with van der Waals surface area (Å²) in [7, 11) is -3.78. The van der Waals surface area contributed by atoms with E-state index in [0.29, 0.717) is 5.56 Å². The van der Waals surface area contributed by atoms with Crippen molar-refractivity contribution < 1.29 is 27.1 Å². The van der Waals surface area contributed by atoms with Gasteiger partial charge in [-0.3, -0.25) is 0 Å². The maximum absolute atomic E-state index is 13.1. The smallest absolute Gasteiger partial charge is 0.338 e. The van der Waals surface area contributed by atoms with Crippen LogP contribution >= 0.6 is 11.6 Å². The van der Waals surface area contributed by atoms with Gasteiger partial charge in [0, 0.05) is 18.7 Å². The van der Waals surface area contributed by atoms with Crippen LogP contribution in [0.2, 0.25) is 5.02 Å². The minimum atomic E-state index is -3.78. The van der Waals surface area contributed by atoms with Crippen LogP contribution in [0.5, 0.6) is 0 Å². The number of hydrogen-bond acceptors (Lipinski definition) is 5. The van der Waals surface area contributed by atoms with E-state index in [9.17, 15) is 17.6 Å². The molecule has 1 saturated heterocycles. The number of hydrogen-bond donors (Lipinski definition) is 0. The Balaban J connectivity index is 1.75. The second kappa shape index (κ2) is 8.79. The van der Waals surface area contributed by atoms with Crippen LogP contribution in [0.4, 0.5) is 4.39 Å². The Bertz CT molecular complexity index is 1000. The van der Waals surface area contributed by atoms with Crippen molar-refractivity contribution in [2.75, 3.05) is 13.1 Å². The molecule has 1 aliphatic heterocycles. The van der Waals surface area contributed by atoms with Crippen LogP contribution in [0.15, 0.2) is 47.4 Å². The summed E-state index contributed by atoms with van der Waals surface area (Å²) in [4.78, 5) is 12.4. The highest BCUT2D eigenvalue weighted by molar-refractivity contribution is 7.89. The van der Waals surface area contributed by atoms with Crippen molar-refractivity contribution in [1.82, 2.24) is 4.31 Å². The minimum absolute atomic E-state index is 0.00747. The van der Waals surface area contributed by atoms with Crippen molar-refractivity contribution in [3.63, 3.8) is 0 Å². The van der Waals surface area contributed by atoms with E-state index in [1.54, 1.807) is 0 Å². The molecule has 0 saturated carbocycles. The van der Waals surface area contributed by atoms with Crippen LogP contribution in [0, 0.1) is 5.82 Å². The van der Waals surface area contributed by atoms with E-state index in [4.69, 9.17) is 21.1 Å². The Morgan fingerprint density at radius 3 is 2.55 bits per heavy atom. The first-order valence-corrected chi connectivity index (χ1v) is 10.9. The van der Waals surface area contributed by atoms with E-state index >= 15 is 0 Å². The minimum Gasteiger partial charge on any atom is -0.457 e. The number of halogens is 2. The molecule has 156 valence electrons. The molecule has 0 spiro atoms. The van der Waals surface area contributed by atoms with E-state index < -0.39 is 21.8 Å². The lowest BCUT2D eigenvalue weighted by Crippen LogP contribution is -2.48. The van der Waals surface area contributed by atoms with Gasteiger partial charge in [-0.2, -0.15) is 4.31 Å². The Labute approximate surface area is 174 Å². The standard InChI is InChI=1S/C20H21ClFNO5S/c1-13-10-23(11-14(2)28-13)29(25,26)18-5-3-4-15(8-18)20(24)27-12-16-6-7-17(22)9-19(16)21/h3-9,13-14H,10-12H2,1-2H3. The van der Waals surface area contributed by atoms with E-state index in [-0.39, 0.29) is 47.4 Å². The number of carbonyl (C=O) groups is 1. The SMILES string of the molecule is CC1CN(S(=O)(=O)c2cccc(C(=O)OCc3ccc(F)cc3Cl)c2)CC(C)O1. The quantitative estimate of drug-likeness (QED) is 0.662. The molecule has 3 rings (SSSR count). The fourth-order valence-corrected chi connectivity index (χ4v) is 4.98. The summed E-state index contributed by atoms with van der Waals surface area (Å²) in [6.07, 6.45) is -0.440. The third-order valence-corrected chi connectivity index (χ3v) is 6.65. The first-order chi connectivity index (χ1) is 13.7. The molecule has 0 amide bonds. The second-order valence-electron chi connectivity index (χ2n) is 6.92. The molecule has 2 aromatic carbocycles.